The van der Waals surface area contributed by atoms with E-state index in [0.29, 0.717) is 6.04 Å². The first-order chi connectivity index (χ1) is 8.35. The van der Waals surface area contributed by atoms with E-state index in [-0.39, 0.29) is 0 Å². The van der Waals surface area contributed by atoms with Crippen LogP contribution in [0.15, 0.2) is 5.38 Å². The zero-order valence-corrected chi connectivity index (χ0v) is 11.7. The topological polar surface area (TPSA) is 28.2 Å². The third-order valence-corrected chi connectivity index (χ3v) is 4.37. The highest BCUT2D eigenvalue weighted by Crippen LogP contribution is 2.29. The van der Waals surface area contributed by atoms with Crippen molar-refractivity contribution in [3.8, 4) is 0 Å². The molecule has 1 aromatic rings. The Labute approximate surface area is 108 Å². The van der Waals surface area contributed by atoms with Gasteiger partial charge < -0.3 is 10.2 Å². The molecule has 96 valence electrons. The molecule has 1 unspecified atom stereocenters. The van der Waals surface area contributed by atoms with Crippen LogP contribution >= 0.6 is 11.3 Å². The van der Waals surface area contributed by atoms with E-state index >= 15 is 0 Å². The maximum atomic E-state index is 4.75. The lowest BCUT2D eigenvalue weighted by atomic mass is 10.0. The number of aromatic nitrogens is 1. The van der Waals surface area contributed by atoms with Crippen LogP contribution in [0.4, 0.5) is 5.13 Å². The van der Waals surface area contributed by atoms with Gasteiger partial charge in [0, 0.05) is 24.5 Å². The Hall–Kier alpha value is -0.610. The van der Waals surface area contributed by atoms with Crippen molar-refractivity contribution in [3.63, 3.8) is 0 Å². The van der Waals surface area contributed by atoms with Crippen LogP contribution in [0.1, 0.15) is 45.2 Å². The van der Waals surface area contributed by atoms with Gasteiger partial charge in [0.05, 0.1) is 5.69 Å². The lowest BCUT2D eigenvalue weighted by molar-refractivity contribution is 0.449. The van der Waals surface area contributed by atoms with Gasteiger partial charge in [0.1, 0.15) is 0 Å². The Balaban J connectivity index is 2.02. The maximum Gasteiger partial charge on any atom is 0.185 e. The van der Waals surface area contributed by atoms with Gasteiger partial charge >= 0.3 is 0 Å². The Kier molecular flexibility index (Phi) is 4.80. The van der Waals surface area contributed by atoms with Gasteiger partial charge in [0.2, 0.25) is 0 Å². The molecule has 1 N–H and O–H groups in total. The first kappa shape index (κ1) is 12.8. The van der Waals surface area contributed by atoms with Crippen molar-refractivity contribution >= 4 is 16.5 Å². The van der Waals surface area contributed by atoms with E-state index < -0.39 is 0 Å². The van der Waals surface area contributed by atoms with Gasteiger partial charge in [-0.2, -0.15) is 0 Å². The zero-order valence-electron chi connectivity index (χ0n) is 10.9. The van der Waals surface area contributed by atoms with Crippen LogP contribution < -0.4 is 10.2 Å². The van der Waals surface area contributed by atoms with E-state index in [1.54, 1.807) is 11.3 Å². The highest BCUT2D eigenvalue weighted by molar-refractivity contribution is 7.13. The smallest absolute Gasteiger partial charge is 0.185 e. The fourth-order valence-corrected chi connectivity index (χ4v) is 3.36. The number of rotatable bonds is 5. The van der Waals surface area contributed by atoms with E-state index in [1.807, 2.05) is 0 Å². The molecule has 0 radical (unpaired) electrons. The maximum absolute atomic E-state index is 4.75. The molecule has 0 spiro atoms. The molecule has 1 atom stereocenters. The van der Waals surface area contributed by atoms with Gasteiger partial charge in [-0.3, -0.25) is 0 Å². The highest BCUT2D eigenvalue weighted by atomic mass is 32.1. The summed E-state index contributed by atoms with van der Waals surface area (Å²) in [5.74, 6) is 0. The van der Waals surface area contributed by atoms with Crippen molar-refractivity contribution in [1.29, 1.82) is 0 Å². The Bertz CT molecular complexity index is 337. The van der Waals surface area contributed by atoms with E-state index in [9.17, 15) is 0 Å². The van der Waals surface area contributed by atoms with Gasteiger partial charge in [-0.1, -0.05) is 13.8 Å². The van der Waals surface area contributed by atoms with Crippen LogP contribution in [0.3, 0.4) is 0 Å². The minimum atomic E-state index is 0.710. The molecule has 0 saturated carbocycles. The molecule has 0 bridgehead atoms. The van der Waals surface area contributed by atoms with Crippen LogP contribution in [0.5, 0.6) is 0 Å². The Morgan fingerprint density at radius 2 is 2.35 bits per heavy atom. The molecule has 0 aromatic carbocycles. The van der Waals surface area contributed by atoms with E-state index in [0.717, 1.165) is 13.1 Å². The summed E-state index contributed by atoms with van der Waals surface area (Å²) in [6.45, 7) is 7.51. The largest absolute Gasteiger partial charge is 0.345 e. The molecule has 4 heteroatoms. The first-order valence-electron chi connectivity index (χ1n) is 6.77. The molecule has 2 heterocycles. The average molecular weight is 253 g/mol. The quantitative estimate of drug-likeness (QED) is 0.874. The summed E-state index contributed by atoms with van der Waals surface area (Å²) in [5.41, 5.74) is 1.19. The predicted molar refractivity (Wildman–Crippen MR) is 74.8 cm³/mol. The number of hydrogen-bond acceptors (Lipinski definition) is 4. The van der Waals surface area contributed by atoms with Gasteiger partial charge in [-0.05, 0) is 32.2 Å². The molecule has 1 aliphatic heterocycles. The van der Waals surface area contributed by atoms with Gasteiger partial charge in [0.25, 0.3) is 0 Å². The molecular weight excluding hydrogens is 230 g/mol. The third-order valence-electron chi connectivity index (χ3n) is 3.44. The van der Waals surface area contributed by atoms with Crippen LogP contribution in [-0.2, 0) is 6.54 Å². The van der Waals surface area contributed by atoms with Crippen molar-refractivity contribution in [2.75, 3.05) is 18.0 Å². The van der Waals surface area contributed by atoms with Gasteiger partial charge in [-0.15, -0.1) is 11.3 Å². The second-order valence-corrected chi connectivity index (χ2v) is 5.49. The molecule has 0 amide bonds. The van der Waals surface area contributed by atoms with Gasteiger partial charge in [-0.25, -0.2) is 4.98 Å². The Morgan fingerprint density at radius 1 is 1.47 bits per heavy atom. The normalized spacial score (nSPS) is 20.8. The van der Waals surface area contributed by atoms with Crippen molar-refractivity contribution in [2.24, 2.45) is 0 Å². The van der Waals surface area contributed by atoms with Crippen molar-refractivity contribution in [3.05, 3.63) is 11.1 Å². The van der Waals surface area contributed by atoms with Crippen LogP contribution in [0.25, 0.3) is 0 Å². The van der Waals surface area contributed by atoms with Crippen LogP contribution in [-0.4, -0.2) is 24.1 Å². The standard InChI is InChI=1S/C13H23N3S/c1-3-12-7-5-6-8-16(12)13-15-11(10-17-13)9-14-4-2/h10,12,14H,3-9H2,1-2H3. The summed E-state index contributed by atoms with van der Waals surface area (Å²) in [6, 6.07) is 0.710. The molecule has 3 nitrogen and oxygen atoms in total. The lowest BCUT2D eigenvalue weighted by Gasteiger charge is -2.35. The molecule has 1 aliphatic rings. The SMILES string of the molecule is CCNCc1csc(N2CCCCC2CC)n1. The zero-order chi connectivity index (χ0) is 12.1. The minimum absolute atomic E-state index is 0.710. The molecule has 17 heavy (non-hydrogen) atoms. The summed E-state index contributed by atoms with van der Waals surface area (Å²) in [4.78, 5) is 7.27. The second kappa shape index (κ2) is 6.36. The van der Waals surface area contributed by atoms with Crippen molar-refractivity contribution in [1.82, 2.24) is 10.3 Å². The summed E-state index contributed by atoms with van der Waals surface area (Å²) >= 11 is 1.80. The monoisotopic (exact) mass is 253 g/mol. The molecule has 0 aliphatic carbocycles. The van der Waals surface area contributed by atoms with Crippen LogP contribution in [0.2, 0.25) is 0 Å². The van der Waals surface area contributed by atoms with E-state index in [2.05, 4.69) is 29.4 Å². The third kappa shape index (κ3) is 3.19. The van der Waals surface area contributed by atoms with Crippen LogP contribution in [0, 0.1) is 0 Å². The molecular formula is C13H23N3S. The second-order valence-electron chi connectivity index (χ2n) is 4.65. The highest BCUT2D eigenvalue weighted by Gasteiger charge is 2.23. The number of nitrogens with one attached hydrogen (secondary N) is 1. The Morgan fingerprint density at radius 3 is 3.12 bits per heavy atom. The fraction of sp³-hybridized carbons (Fsp3) is 0.769. The molecule has 1 fully saturated rings. The van der Waals surface area contributed by atoms with Gasteiger partial charge in [0.15, 0.2) is 5.13 Å². The summed E-state index contributed by atoms with van der Waals surface area (Å²) in [6.07, 6.45) is 5.27. The molecule has 1 aromatic heterocycles. The lowest BCUT2D eigenvalue weighted by Crippen LogP contribution is -2.39. The van der Waals surface area contributed by atoms with E-state index in [4.69, 9.17) is 4.98 Å². The van der Waals surface area contributed by atoms with Crippen molar-refractivity contribution in [2.45, 2.75) is 52.1 Å². The number of piperidine rings is 1. The van der Waals surface area contributed by atoms with Crippen molar-refractivity contribution < 1.29 is 0 Å². The first-order valence-corrected chi connectivity index (χ1v) is 7.64. The minimum Gasteiger partial charge on any atom is -0.345 e. The fourth-order valence-electron chi connectivity index (χ4n) is 2.44. The number of thiazole rings is 1. The summed E-state index contributed by atoms with van der Waals surface area (Å²) < 4.78 is 0. The molecule has 1 saturated heterocycles. The number of nitrogens with zero attached hydrogens (tertiary/aromatic N) is 2. The number of anilines is 1. The van der Waals surface area contributed by atoms with E-state index in [1.165, 1.54) is 43.1 Å². The molecule has 2 rings (SSSR count). The predicted octanol–water partition coefficient (Wildman–Crippen LogP) is 3.02. The average Bonchev–Trinajstić information content (AvgIpc) is 2.85. The summed E-state index contributed by atoms with van der Waals surface area (Å²) in [5, 5.41) is 6.75. The summed E-state index contributed by atoms with van der Waals surface area (Å²) in [7, 11) is 0. The number of hydrogen-bond donors (Lipinski definition) is 1.